The van der Waals surface area contributed by atoms with Gasteiger partial charge in [-0.15, -0.1) is 0 Å². The molecule has 0 rings (SSSR count). The molecule has 0 aromatic carbocycles. The first kappa shape index (κ1) is 14.8. The lowest BCUT2D eigenvalue weighted by atomic mass is 10.4. The first-order valence-electron chi connectivity index (χ1n) is 4.83. The second-order valence-electron chi connectivity index (χ2n) is 3.07. The van der Waals surface area contributed by atoms with Gasteiger partial charge in [0.15, 0.2) is 0 Å². The van der Waals surface area contributed by atoms with Gasteiger partial charge in [0, 0.05) is 18.7 Å². The van der Waals surface area contributed by atoms with Crippen LogP contribution in [0.4, 0.5) is 0 Å². The van der Waals surface area contributed by atoms with E-state index in [0.29, 0.717) is 12.3 Å². The fraction of sp³-hybridized carbons (Fsp3) is 0.667. The number of carboxylic acids is 1. The summed E-state index contributed by atoms with van der Waals surface area (Å²) in [4.78, 5) is 33.6. The van der Waals surface area contributed by atoms with E-state index in [4.69, 9.17) is 10.8 Å². The van der Waals surface area contributed by atoms with Crippen LogP contribution in [0, 0.1) is 0 Å². The molecule has 0 aromatic rings. The van der Waals surface area contributed by atoms with Crippen LogP contribution in [0.2, 0.25) is 0 Å². The number of hydrogen-bond donors (Lipinski definition) is 2. The number of nitrogens with zero attached hydrogens (tertiary/aromatic N) is 1. The van der Waals surface area contributed by atoms with E-state index in [1.807, 2.05) is 0 Å². The SMILES string of the molecule is CCN(CC(=O)O)C(=O)CCSCC(N)=O. The lowest BCUT2D eigenvalue weighted by molar-refractivity contribution is -0.144. The van der Waals surface area contributed by atoms with Crippen molar-refractivity contribution in [3.05, 3.63) is 0 Å². The Bertz CT molecular complexity index is 270. The molecule has 3 N–H and O–H groups in total. The van der Waals surface area contributed by atoms with Crippen molar-refractivity contribution in [2.45, 2.75) is 13.3 Å². The van der Waals surface area contributed by atoms with Gasteiger partial charge in [0.25, 0.3) is 0 Å². The van der Waals surface area contributed by atoms with E-state index >= 15 is 0 Å². The summed E-state index contributed by atoms with van der Waals surface area (Å²) < 4.78 is 0. The number of nitrogens with two attached hydrogens (primary N) is 1. The standard InChI is InChI=1S/C9H16N2O4S/c1-2-11(5-9(14)15)8(13)3-4-16-6-7(10)12/h2-6H2,1H3,(H2,10,12)(H,14,15). The third kappa shape index (κ3) is 7.10. The summed E-state index contributed by atoms with van der Waals surface area (Å²) in [5, 5.41) is 8.55. The van der Waals surface area contributed by atoms with Crippen LogP contribution in [0.25, 0.3) is 0 Å². The molecule has 0 fully saturated rings. The van der Waals surface area contributed by atoms with Crippen molar-refractivity contribution in [1.82, 2.24) is 4.90 Å². The molecular weight excluding hydrogens is 232 g/mol. The number of amides is 2. The van der Waals surface area contributed by atoms with Gasteiger partial charge in [-0.25, -0.2) is 0 Å². The topological polar surface area (TPSA) is 101 Å². The zero-order valence-electron chi connectivity index (χ0n) is 9.14. The molecule has 0 aliphatic heterocycles. The van der Waals surface area contributed by atoms with Crippen LogP contribution >= 0.6 is 11.8 Å². The van der Waals surface area contributed by atoms with Crippen molar-refractivity contribution >= 4 is 29.5 Å². The molecule has 0 heterocycles. The molecule has 2 amide bonds. The van der Waals surface area contributed by atoms with Gasteiger partial charge in [-0.2, -0.15) is 11.8 Å². The Balaban J connectivity index is 3.84. The van der Waals surface area contributed by atoms with Crippen LogP contribution in [0.5, 0.6) is 0 Å². The largest absolute Gasteiger partial charge is 0.480 e. The summed E-state index contributed by atoms with van der Waals surface area (Å²) >= 11 is 1.27. The van der Waals surface area contributed by atoms with Gasteiger partial charge in [-0.05, 0) is 6.92 Å². The average Bonchev–Trinajstić information content (AvgIpc) is 2.20. The van der Waals surface area contributed by atoms with Crippen molar-refractivity contribution in [3.63, 3.8) is 0 Å². The molecule has 0 spiro atoms. The Morgan fingerprint density at radius 1 is 1.38 bits per heavy atom. The molecule has 0 aliphatic carbocycles. The molecule has 0 bridgehead atoms. The number of carbonyl (C=O) groups excluding carboxylic acids is 2. The smallest absolute Gasteiger partial charge is 0.323 e. The van der Waals surface area contributed by atoms with Crippen molar-refractivity contribution in [3.8, 4) is 0 Å². The summed E-state index contributed by atoms with van der Waals surface area (Å²) in [7, 11) is 0. The molecule has 0 saturated carbocycles. The molecule has 0 aliphatic rings. The quantitative estimate of drug-likeness (QED) is 0.565. The minimum absolute atomic E-state index is 0.179. The highest BCUT2D eigenvalue weighted by molar-refractivity contribution is 7.99. The molecule has 0 radical (unpaired) electrons. The van der Waals surface area contributed by atoms with Gasteiger partial charge in [-0.1, -0.05) is 0 Å². The minimum atomic E-state index is -1.03. The Morgan fingerprint density at radius 2 is 2.00 bits per heavy atom. The van der Waals surface area contributed by atoms with Crippen molar-refractivity contribution in [2.24, 2.45) is 5.73 Å². The number of thioether (sulfide) groups is 1. The Hall–Kier alpha value is -1.24. The predicted molar refractivity (Wildman–Crippen MR) is 61.0 cm³/mol. The van der Waals surface area contributed by atoms with Gasteiger partial charge in [0.05, 0.1) is 5.75 Å². The second kappa shape index (κ2) is 7.98. The first-order chi connectivity index (χ1) is 7.47. The number of primary amides is 1. The predicted octanol–water partition coefficient (Wildman–Crippen LogP) is -0.472. The van der Waals surface area contributed by atoms with Gasteiger partial charge in [0.2, 0.25) is 11.8 Å². The average molecular weight is 248 g/mol. The van der Waals surface area contributed by atoms with Gasteiger partial charge in [-0.3, -0.25) is 14.4 Å². The Labute approximate surface area is 98.2 Å². The molecule has 16 heavy (non-hydrogen) atoms. The number of hydrogen-bond acceptors (Lipinski definition) is 4. The number of rotatable bonds is 8. The third-order valence-electron chi connectivity index (χ3n) is 1.77. The maximum atomic E-state index is 11.5. The number of aliphatic carboxylic acids is 1. The fourth-order valence-corrected chi connectivity index (χ4v) is 1.69. The number of carbonyl (C=O) groups is 3. The van der Waals surface area contributed by atoms with Crippen LogP contribution < -0.4 is 5.73 Å². The van der Waals surface area contributed by atoms with Crippen LogP contribution in [0.1, 0.15) is 13.3 Å². The zero-order valence-corrected chi connectivity index (χ0v) is 9.96. The second-order valence-corrected chi connectivity index (χ2v) is 4.18. The monoisotopic (exact) mass is 248 g/mol. The molecule has 0 saturated heterocycles. The lowest BCUT2D eigenvalue weighted by Crippen LogP contribution is -2.35. The molecular formula is C9H16N2O4S. The number of likely N-dealkylation sites (N-methyl/N-ethyl adjacent to an activating group) is 1. The van der Waals surface area contributed by atoms with Crippen LogP contribution in [0.15, 0.2) is 0 Å². The highest BCUT2D eigenvalue weighted by Gasteiger charge is 2.14. The molecule has 0 atom stereocenters. The molecule has 6 nitrogen and oxygen atoms in total. The summed E-state index contributed by atoms with van der Waals surface area (Å²) in [6, 6.07) is 0. The van der Waals surface area contributed by atoms with Gasteiger partial charge in [0.1, 0.15) is 6.54 Å². The number of carboxylic acid groups (broad SMARTS) is 1. The summed E-state index contributed by atoms with van der Waals surface area (Å²) in [6.07, 6.45) is 0.221. The molecule has 7 heteroatoms. The Morgan fingerprint density at radius 3 is 2.44 bits per heavy atom. The first-order valence-corrected chi connectivity index (χ1v) is 5.98. The van der Waals surface area contributed by atoms with E-state index in [2.05, 4.69) is 0 Å². The van der Waals surface area contributed by atoms with Gasteiger partial charge >= 0.3 is 5.97 Å². The normalized spacial score (nSPS) is 9.81. The van der Waals surface area contributed by atoms with Crippen LogP contribution in [0.3, 0.4) is 0 Å². The van der Waals surface area contributed by atoms with Crippen molar-refractivity contribution in [2.75, 3.05) is 24.6 Å². The fourth-order valence-electron chi connectivity index (χ4n) is 1.03. The van der Waals surface area contributed by atoms with E-state index < -0.39 is 11.9 Å². The van der Waals surface area contributed by atoms with Crippen molar-refractivity contribution in [1.29, 1.82) is 0 Å². The maximum Gasteiger partial charge on any atom is 0.323 e. The summed E-state index contributed by atoms with van der Waals surface area (Å²) in [5.74, 6) is -1.02. The summed E-state index contributed by atoms with van der Waals surface area (Å²) in [5.41, 5.74) is 4.93. The highest BCUT2D eigenvalue weighted by Crippen LogP contribution is 2.04. The van der Waals surface area contributed by atoms with Crippen molar-refractivity contribution < 1.29 is 19.5 Å². The summed E-state index contributed by atoms with van der Waals surface area (Å²) in [6.45, 7) is 1.80. The maximum absolute atomic E-state index is 11.5. The van der Waals surface area contributed by atoms with E-state index in [1.165, 1.54) is 16.7 Å². The lowest BCUT2D eigenvalue weighted by Gasteiger charge is -2.18. The van der Waals surface area contributed by atoms with E-state index in [0.717, 1.165) is 0 Å². The Kier molecular flexibility index (Phi) is 7.36. The third-order valence-corrected chi connectivity index (χ3v) is 2.75. The zero-order chi connectivity index (χ0) is 12.6. The van der Waals surface area contributed by atoms with E-state index in [9.17, 15) is 14.4 Å². The minimum Gasteiger partial charge on any atom is -0.480 e. The highest BCUT2D eigenvalue weighted by atomic mass is 32.2. The van der Waals surface area contributed by atoms with Gasteiger partial charge < -0.3 is 15.7 Å². The molecule has 92 valence electrons. The van der Waals surface area contributed by atoms with Crippen LogP contribution in [-0.4, -0.2) is 52.4 Å². The molecule has 0 aromatic heterocycles. The molecule has 0 unspecified atom stereocenters. The van der Waals surface area contributed by atoms with E-state index in [1.54, 1.807) is 6.92 Å². The van der Waals surface area contributed by atoms with E-state index in [-0.39, 0.29) is 24.6 Å². The van der Waals surface area contributed by atoms with Crippen LogP contribution in [-0.2, 0) is 14.4 Å².